The van der Waals surface area contributed by atoms with Crippen molar-refractivity contribution in [3.05, 3.63) is 64.1 Å². The van der Waals surface area contributed by atoms with E-state index in [-0.39, 0.29) is 18.4 Å². The van der Waals surface area contributed by atoms with Crippen LogP contribution in [-0.2, 0) is 9.53 Å². The van der Waals surface area contributed by atoms with Crippen molar-refractivity contribution < 1.29 is 14.3 Å². The van der Waals surface area contributed by atoms with Crippen molar-refractivity contribution in [1.29, 1.82) is 0 Å². The molecule has 1 aliphatic heterocycles. The van der Waals surface area contributed by atoms with E-state index < -0.39 is 12.1 Å². The number of hydrogen-bond donors (Lipinski definition) is 1. The summed E-state index contributed by atoms with van der Waals surface area (Å²) < 4.78 is 6.32. The van der Waals surface area contributed by atoms with Crippen molar-refractivity contribution in [2.45, 2.75) is 19.9 Å². The van der Waals surface area contributed by atoms with Crippen molar-refractivity contribution >= 4 is 33.6 Å². The van der Waals surface area contributed by atoms with Gasteiger partial charge in [-0.3, -0.25) is 9.69 Å². The summed E-state index contributed by atoms with van der Waals surface area (Å²) in [5, 5.41) is 2.89. The number of rotatable bonds is 3. The van der Waals surface area contributed by atoms with Gasteiger partial charge in [0.05, 0.1) is 12.6 Å². The Labute approximate surface area is 161 Å². The summed E-state index contributed by atoms with van der Waals surface area (Å²) in [5.41, 5.74) is 2.47. The lowest BCUT2D eigenvalue weighted by molar-refractivity contribution is -0.117. The van der Waals surface area contributed by atoms with E-state index in [1.54, 1.807) is 0 Å². The molecule has 0 saturated heterocycles. The molecule has 2 amide bonds. The molecule has 1 N–H and O–H groups in total. The number of amides is 2. The summed E-state index contributed by atoms with van der Waals surface area (Å²) in [4.78, 5) is 26.7. The van der Waals surface area contributed by atoms with Crippen LogP contribution < -0.4 is 5.32 Å². The van der Waals surface area contributed by atoms with E-state index >= 15 is 0 Å². The Morgan fingerprint density at radius 2 is 2.00 bits per heavy atom. The summed E-state index contributed by atoms with van der Waals surface area (Å²) >= 11 is 3.49. The number of carbonyl (C=O) groups is 2. The van der Waals surface area contributed by atoms with Gasteiger partial charge in [0.25, 0.3) is 0 Å². The zero-order valence-electron chi connectivity index (χ0n) is 14.7. The molecular weight excluding hydrogens is 396 g/mol. The fourth-order valence-electron chi connectivity index (χ4n) is 2.96. The van der Waals surface area contributed by atoms with Gasteiger partial charge in [-0.05, 0) is 29.7 Å². The van der Waals surface area contributed by atoms with Crippen molar-refractivity contribution in [1.82, 2.24) is 4.90 Å². The molecule has 0 spiro atoms. The first kappa shape index (κ1) is 18.5. The number of ether oxygens (including phenoxy) is 1. The second kappa shape index (κ2) is 7.91. The highest BCUT2D eigenvalue weighted by Gasteiger charge is 2.34. The van der Waals surface area contributed by atoms with Gasteiger partial charge in [0.1, 0.15) is 6.54 Å². The zero-order valence-corrected chi connectivity index (χ0v) is 16.3. The van der Waals surface area contributed by atoms with Gasteiger partial charge in [0, 0.05) is 15.7 Å². The summed E-state index contributed by atoms with van der Waals surface area (Å²) in [6.07, 6.45) is -0.490. The van der Waals surface area contributed by atoms with Crippen LogP contribution in [0.15, 0.2) is 53.0 Å². The molecule has 1 aliphatic rings. The number of nitrogens with zero attached hydrogens (tertiary/aromatic N) is 1. The Hall–Kier alpha value is -2.34. The quantitative estimate of drug-likeness (QED) is 0.795. The van der Waals surface area contributed by atoms with Crippen molar-refractivity contribution in [3.8, 4) is 0 Å². The predicted molar refractivity (Wildman–Crippen MR) is 104 cm³/mol. The second-order valence-electron chi connectivity index (χ2n) is 6.69. The summed E-state index contributed by atoms with van der Waals surface area (Å²) in [5.74, 6) is -0.0233. The van der Waals surface area contributed by atoms with Crippen molar-refractivity contribution in [2.75, 3.05) is 18.5 Å². The number of halogens is 1. The molecule has 1 heterocycles. The van der Waals surface area contributed by atoms with Crippen LogP contribution in [0.3, 0.4) is 0 Å². The van der Waals surface area contributed by atoms with Crippen LogP contribution in [0, 0.1) is 5.92 Å². The van der Waals surface area contributed by atoms with E-state index in [4.69, 9.17) is 4.74 Å². The Bertz CT molecular complexity index is 808. The van der Waals surface area contributed by atoms with Crippen LogP contribution >= 0.6 is 15.9 Å². The highest BCUT2D eigenvalue weighted by atomic mass is 79.9. The number of benzene rings is 2. The molecule has 0 bridgehead atoms. The van der Waals surface area contributed by atoms with Gasteiger partial charge in [-0.25, -0.2) is 4.79 Å². The first-order valence-electron chi connectivity index (χ1n) is 8.53. The standard InChI is InChI=1S/C20H21BrN2O3/c1-13(2)12-26-20(25)23-11-18(24)22-17-9-8-15(21)10-16(17)19(23)14-6-4-3-5-7-14/h3-10,13,19H,11-12H2,1-2H3,(H,22,24). The zero-order chi connectivity index (χ0) is 18.7. The average Bonchev–Trinajstić information content (AvgIpc) is 2.76. The lowest BCUT2D eigenvalue weighted by Crippen LogP contribution is -2.39. The minimum absolute atomic E-state index is 0.0667. The molecule has 0 fully saturated rings. The average molecular weight is 417 g/mol. The van der Waals surface area contributed by atoms with Gasteiger partial charge in [-0.2, -0.15) is 0 Å². The largest absolute Gasteiger partial charge is 0.449 e. The molecule has 136 valence electrons. The van der Waals surface area contributed by atoms with Gasteiger partial charge in [-0.1, -0.05) is 60.1 Å². The van der Waals surface area contributed by atoms with Crippen LogP contribution in [0.1, 0.15) is 31.0 Å². The minimum atomic E-state index is -0.490. The monoisotopic (exact) mass is 416 g/mol. The third-order valence-corrected chi connectivity index (χ3v) is 4.59. The molecular formula is C20H21BrN2O3. The Morgan fingerprint density at radius 1 is 1.27 bits per heavy atom. The lowest BCUT2D eigenvalue weighted by Gasteiger charge is -2.30. The van der Waals surface area contributed by atoms with E-state index in [2.05, 4.69) is 21.2 Å². The predicted octanol–water partition coefficient (Wildman–Crippen LogP) is 4.59. The van der Waals surface area contributed by atoms with E-state index in [0.29, 0.717) is 12.3 Å². The summed E-state index contributed by atoms with van der Waals surface area (Å²) in [6, 6.07) is 14.9. The van der Waals surface area contributed by atoms with Gasteiger partial charge in [0.15, 0.2) is 0 Å². The fourth-order valence-corrected chi connectivity index (χ4v) is 3.34. The Kier molecular flexibility index (Phi) is 5.61. The summed E-state index contributed by atoms with van der Waals surface area (Å²) in [6.45, 7) is 4.19. The van der Waals surface area contributed by atoms with E-state index in [0.717, 1.165) is 15.6 Å². The number of nitrogens with one attached hydrogen (secondary N) is 1. The van der Waals surface area contributed by atoms with Gasteiger partial charge >= 0.3 is 6.09 Å². The number of carbonyl (C=O) groups excluding carboxylic acids is 2. The Morgan fingerprint density at radius 3 is 2.69 bits per heavy atom. The summed E-state index contributed by atoms with van der Waals surface area (Å²) in [7, 11) is 0. The van der Waals surface area contributed by atoms with Gasteiger partial charge in [0.2, 0.25) is 5.91 Å². The number of fused-ring (bicyclic) bond motifs is 1. The second-order valence-corrected chi connectivity index (χ2v) is 7.61. The normalized spacial score (nSPS) is 16.7. The van der Waals surface area contributed by atoms with Crippen LogP contribution in [0.4, 0.5) is 10.5 Å². The number of anilines is 1. The molecule has 1 atom stereocenters. The topological polar surface area (TPSA) is 58.6 Å². The smallest absolute Gasteiger partial charge is 0.411 e. The van der Waals surface area contributed by atoms with Crippen molar-refractivity contribution in [2.24, 2.45) is 5.92 Å². The molecule has 0 aromatic heterocycles. The lowest BCUT2D eigenvalue weighted by atomic mass is 9.96. The first-order chi connectivity index (χ1) is 12.5. The molecule has 0 saturated carbocycles. The minimum Gasteiger partial charge on any atom is -0.449 e. The molecule has 26 heavy (non-hydrogen) atoms. The third-order valence-electron chi connectivity index (χ3n) is 4.10. The maximum Gasteiger partial charge on any atom is 0.411 e. The molecule has 0 radical (unpaired) electrons. The van der Waals surface area contributed by atoms with Crippen LogP contribution in [0.5, 0.6) is 0 Å². The SMILES string of the molecule is CC(C)COC(=O)N1CC(=O)Nc2ccc(Br)cc2C1c1ccccc1. The Balaban J connectivity index is 2.08. The molecule has 1 unspecified atom stereocenters. The maximum absolute atomic E-state index is 12.8. The third kappa shape index (κ3) is 4.07. The van der Waals surface area contributed by atoms with E-state index in [1.165, 1.54) is 4.90 Å². The first-order valence-corrected chi connectivity index (χ1v) is 9.32. The molecule has 6 heteroatoms. The molecule has 0 aliphatic carbocycles. The molecule has 2 aromatic carbocycles. The van der Waals surface area contributed by atoms with Crippen LogP contribution in [0.2, 0.25) is 0 Å². The van der Waals surface area contributed by atoms with E-state index in [1.807, 2.05) is 62.4 Å². The van der Waals surface area contributed by atoms with Crippen LogP contribution in [-0.4, -0.2) is 30.1 Å². The van der Waals surface area contributed by atoms with Gasteiger partial charge in [-0.15, -0.1) is 0 Å². The fraction of sp³-hybridized carbons (Fsp3) is 0.300. The molecule has 3 rings (SSSR count). The van der Waals surface area contributed by atoms with Crippen molar-refractivity contribution in [3.63, 3.8) is 0 Å². The maximum atomic E-state index is 12.8. The highest BCUT2D eigenvalue weighted by Crippen LogP contribution is 2.37. The highest BCUT2D eigenvalue weighted by molar-refractivity contribution is 9.10. The van der Waals surface area contributed by atoms with Gasteiger partial charge < -0.3 is 10.1 Å². The molecule has 5 nitrogen and oxygen atoms in total. The van der Waals surface area contributed by atoms with Crippen LogP contribution in [0.25, 0.3) is 0 Å². The number of hydrogen-bond acceptors (Lipinski definition) is 3. The molecule has 2 aromatic rings. The van der Waals surface area contributed by atoms with E-state index in [9.17, 15) is 9.59 Å².